The number of hydrogen-bond donors (Lipinski definition) is 0. The van der Waals surface area contributed by atoms with Crippen molar-refractivity contribution in [2.75, 3.05) is 13.7 Å². The van der Waals surface area contributed by atoms with E-state index in [1.54, 1.807) is 0 Å². The summed E-state index contributed by atoms with van der Waals surface area (Å²) in [6, 6.07) is 4.10. The third-order valence-corrected chi connectivity index (χ3v) is 3.79. The summed E-state index contributed by atoms with van der Waals surface area (Å²) in [5.74, 6) is -0.483. The molecule has 7 nitrogen and oxygen atoms in total. The van der Waals surface area contributed by atoms with E-state index in [-0.39, 0.29) is 30.9 Å². The highest BCUT2D eigenvalue weighted by molar-refractivity contribution is 6.04. The first-order valence-corrected chi connectivity index (χ1v) is 6.40. The molecular formula is C14H15NO6. The molecular weight excluding hydrogens is 278 g/mol. The van der Waals surface area contributed by atoms with Gasteiger partial charge in [0.25, 0.3) is 5.69 Å². The Morgan fingerprint density at radius 3 is 2.71 bits per heavy atom. The molecule has 0 aromatic heterocycles. The molecule has 1 aliphatic rings. The predicted molar refractivity (Wildman–Crippen MR) is 72.0 cm³/mol. The van der Waals surface area contributed by atoms with Gasteiger partial charge in [0.15, 0.2) is 0 Å². The summed E-state index contributed by atoms with van der Waals surface area (Å²) in [6.07, 6.45) is 0.305. The Balaban J connectivity index is 2.45. The molecule has 1 aliphatic heterocycles. The molecule has 1 fully saturated rings. The number of nitrogens with zero attached hydrogens (tertiary/aromatic N) is 1. The van der Waals surface area contributed by atoms with Crippen LogP contribution in [0.3, 0.4) is 0 Å². The molecule has 1 unspecified atom stereocenters. The quantitative estimate of drug-likeness (QED) is 0.354. The van der Waals surface area contributed by atoms with Gasteiger partial charge >= 0.3 is 5.97 Å². The Kier molecular flexibility index (Phi) is 3.93. The number of hydrogen-bond acceptors (Lipinski definition) is 6. The summed E-state index contributed by atoms with van der Waals surface area (Å²) in [5, 5.41) is 10.9. The molecule has 0 N–H and O–H groups in total. The number of benzene rings is 1. The number of nitro benzene ring substituents is 1. The zero-order valence-corrected chi connectivity index (χ0v) is 11.8. The maximum absolute atomic E-state index is 11.9. The number of esters is 1. The highest BCUT2D eigenvalue weighted by atomic mass is 16.6. The van der Waals surface area contributed by atoms with Gasteiger partial charge in [0, 0.05) is 24.1 Å². The fourth-order valence-electron chi connectivity index (χ4n) is 2.50. The number of rotatable bonds is 5. The van der Waals surface area contributed by atoms with Gasteiger partial charge in [-0.3, -0.25) is 19.7 Å². The highest BCUT2D eigenvalue weighted by Gasteiger charge is 2.49. The van der Waals surface area contributed by atoms with Crippen LogP contribution in [-0.4, -0.2) is 30.4 Å². The Labute approximate surface area is 121 Å². The molecule has 1 atom stereocenters. The number of methoxy groups -OCH3 is 1. The Bertz CT molecular complexity index is 611. The lowest BCUT2D eigenvalue weighted by Crippen LogP contribution is -2.36. The van der Waals surface area contributed by atoms with Crippen molar-refractivity contribution >= 4 is 17.4 Å². The molecule has 0 bridgehead atoms. The number of non-ortho nitro benzene ring substituents is 1. The van der Waals surface area contributed by atoms with Crippen molar-refractivity contribution in [2.24, 2.45) is 5.41 Å². The van der Waals surface area contributed by atoms with E-state index >= 15 is 0 Å². The summed E-state index contributed by atoms with van der Waals surface area (Å²) in [7, 11) is 1.43. The molecule has 2 rings (SSSR count). The van der Waals surface area contributed by atoms with Crippen LogP contribution in [-0.2, 0) is 20.7 Å². The van der Waals surface area contributed by atoms with Crippen molar-refractivity contribution in [3.8, 4) is 5.75 Å². The largest absolute Gasteiger partial charge is 0.496 e. The minimum atomic E-state index is -1.28. The van der Waals surface area contributed by atoms with Crippen molar-refractivity contribution in [1.82, 2.24) is 0 Å². The highest BCUT2D eigenvalue weighted by Crippen LogP contribution is 2.38. The first-order valence-electron chi connectivity index (χ1n) is 6.40. The van der Waals surface area contributed by atoms with E-state index in [0.29, 0.717) is 11.3 Å². The summed E-state index contributed by atoms with van der Waals surface area (Å²) in [4.78, 5) is 34.2. The Morgan fingerprint density at radius 1 is 1.52 bits per heavy atom. The number of carbonyl (C=O) groups is 2. The minimum Gasteiger partial charge on any atom is -0.496 e. The molecule has 1 aromatic rings. The zero-order valence-electron chi connectivity index (χ0n) is 11.8. The van der Waals surface area contributed by atoms with Gasteiger partial charge in [0.1, 0.15) is 16.9 Å². The van der Waals surface area contributed by atoms with E-state index in [1.807, 2.05) is 0 Å². The maximum atomic E-state index is 11.9. The normalized spacial score (nSPS) is 21.0. The fourth-order valence-corrected chi connectivity index (χ4v) is 2.50. The van der Waals surface area contributed by atoms with Crippen LogP contribution < -0.4 is 4.74 Å². The van der Waals surface area contributed by atoms with E-state index in [1.165, 1.54) is 32.2 Å². The summed E-state index contributed by atoms with van der Waals surface area (Å²) < 4.78 is 10.1. The first-order chi connectivity index (χ1) is 9.90. The third kappa shape index (κ3) is 2.58. The predicted octanol–water partition coefficient (Wildman–Crippen LogP) is 1.67. The van der Waals surface area contributed by atoms with E-state index < -0.39 is 16.3 Å². The summed E-state index contributed by atoms with van der Waals surface area (Å²) >= 11 is 0. The van der Waals surface area contributed by atoms with Crippen LogP contribution in [0.1, 0.15) is 18.9 Å². The minimum absolute atomic E-state index is 0.0337. The molecule has 1 saturated heterocycles. The van der Waals surface area contributed by atoms with Crippen LogP contribution >= 0.6 is 0 Å². The molecule has 1 heterocycles. The third-order valence-electron chi connectivity index (χ3n) is 3.79. The van der Waals surface area contributed by atoms with Crippen LogP contribution in [0.5, 0.6) is 5.75 Å². The molecule has 0 spiro atoms. The van der Waals surface area contributed by atoms with Crippen molar-refractivity contribution in [3.05, 3.63) is 33.9 Å². The second kappa shape index (κ2) is 5.51. The van der Waals surface area contributed by atoms with Crippen molar-refractivity contribution in [1.29, 1.82) is 0 Å². The molecule has 0 amide bonds. The van der Waals surface area contributed by atoms with E-state index in [2.05, 4.69) is 0 Å². The van der Waals surface area contributed by atoms with Crippen LogP contribution in [0.2, 0.25) is 0 Å². The second-order valence-corrected chi connectivity index (χ2v) is 4.95. The SMILES string of the molecule is COc1ccc([N+](=O)[O-])cc1CC1(C(C)=O)CCOC1=O. The van der Waals surface area contributed by atoms with Crippen molar-refractivity contribution < 1.29 is 24.0 Å². The van der Waals surface area contributed by atoms with Gasteiger partial charge in [-0.25, -0.2) is 0 Å². The number of ketones is 1. The second-order valence-electron chi connectivity index (χ2n) is 4.95. The fraction of sp³-hybridized carbons (Fsp3) is 0.429. The van der Waals surface area contributed by atoms with Gasteiger partial charge in [-0.1, -0.05) is 0 Å². The van der Waals surface area contributed by atoms with E-state index in [0.717, 1.165) is 0 Å². The topological polar surface area (TPSA) is 95.7 Å². The van der Waals surface area contributed by atoms with E-state index in [9.17, 15) is 19.7 Å². The van der Waals surface area contributed by atoms with Gasteiger partial charge in [-0.2, -0.15) is 0 Å². The maximum Gasteiger partial charge on any atom is 0.320 e. The Hall–Kier alpha value is -2.44. The standard InChI is InChI=1S/C14H15NO6/c1-9(16)14(5-6-21-13(14)17)8-10-7-11(15(18)19)3-4-12(10)20-2/h3-4,7H,5-6,8H2,1-2H3. The molecule has 1 aromatic carbocycles. The lowest BCUT2D eigenvalue weighted by molar-refractivity contribution is -0.384. The lowest BCUT2D eigenvalue weighted by atomic mass is 9.77. The number of nitro groups is 1. The molecule has 0 saturated carbocycles. The zero-order chi connectivity index (χ0) is 15.6. The van der Waals surface area contributed by atoms with E-state index in [4.69, 9.17) is 9.47 Å². The molecule has 7 heteroatoms. The summed E-state index contributed by atoms with van der Waals surface area (Å²) in [5.41, 5.74) is -0.945. The number of ether oxygens (including phenoxy) is 2. The van der Waals surface area contributed by atoms with Gasteiger partial charge in [0.05, 0.1) is 18.6 Å². The number of carbonyl (C=O) groups excluding carboxylic acids is 2. The van der Waals surface area contributed by atoms with Gasteiger partial charge in [0.2, 0.25) is 0 Å². The smallest absolute Gasteiger partial charge is 0.320 e. The number of Topliss-reactive ketones (excluding diaryl/α,β-unsaturated/α-hetero) is 1. The van der Waals surface area contributed by atoms with Gasteiger partial charge < -0.3 is 9.47 Å². The molecule has 0 aliphatic carbocycles. The molecule has 112 valence electrons. The van der Waals surface area contributed by atoms with Crippen LogP contribution in [0.4, 0.5) is 5.69 Å². The van der Waals surface area contributed by atoms with Crippen molar-refractivity contribution in [2.45, 2.75) is 19.8 Å². The van der Waals surface area contributed by atoms with Gasteiger partial charge in [-0.05, 0) is 19.4 Å². The van der Waals surface area contributed by atoms with Crippen molar-refractivity contribution in [3.63, 3.8) is 0 Å². The molecule has 21 heavy (non-hydrogen) atoms. The van der Waals surface area contributed by atoms with Gasteiger partial charge in [-0.15, -0.1) is 0 Å². The monoisotopic (exact) mass is 293 g/mol. The average molecular weight is 293 g/mol. The summed E-state index contributed by atoms with van der Waals surface area (Å²) in [6.45, 7) is 1.51. The van der Waals surface area contributed by atoms with Crippen LogP contribution in [0, 0.1) is 15.5 Å². The Morgan fingerprint density at radius 2 is 2.24 bits per heavy atom. The number of cyclic esters (lactones) is 1. The van der Waals surface area contributed by atoms with Crippen LogP contribution in [0.15, 0.2) is 18.2 Å². The van der Waals surface area contributed by atoms with Crippen LogP contribution in [0.25, 0.3) is 0 Å². The molecule has 0 radical (unpaired) electrons. The average Bonchev–Trinajstić information content (AvgIpc) is 2.81. The first kappa shape index (κ1) is 15.0. The lowest BCUT2D eigenvalue weighted by Gasteiger charge is -2.22.